The number of hydrogen-bond acceptors (Lipinski definition) is 5. The molecule has 0 saturated heterocycles. The summed E-state index contributed by atoms with van der Waals surface area (Å²) in [7, 11) is 0. The third-order valence-corrected chi connectivity index (χ3v) is 4.18. The second-order valence-corrected chi connectivity index (χ2v) is 5.91. The van der Waals surface area contributed by atoms with Gasteiger partial charge < -0.3 is 25.7 Å². The number of rotatable bonds is 12. The van der Waals surface area contributed by atoms with E-state index in [0.29, 0.717) is 38.8 Å². The van der Waals surface area contributed by atoms with E-state index >= 15 is 0 Å². The van der Waals surface area contributed by atoms with Crippen LogP contribution in [-0.4, -0.2) is 52.9 Å². The summed E-state index contributed by atoms with van der Waals surface area (Å²) >= 11 is 0. The van der Waals surface area contributed by atoms with Crippen LogP contribution in [0.5, 0.6) is 0 Å². The lowest BCUT2D eigenvalue weighted by molar-refractivity contribution is 0.0396. The van der Waals surface area contributed by atoms with Crippen LogP contribution in [0.1, 0.15) is 31.2 Å². The average molecular weight is 311 g/mol. The van der Waals surface area contributed by atoms with Crippen LogP contribution in [0, 0.1) is 5.41 Å². The fraction of sp³-hybridized carbons (Fsp3) is 0.647. The molecule has 126 valence electrons. The molecule has 0 fully saturated rings. The quantitative estimate of drug-likeness (QED) is 0.391. The number of benzene rings is 1. The fourth-order valence-electron chi connectivity index (χ4n) is 2.64. The average Bonchev–Trinajstić information content (AvgIpc) is 2.54. The first kappa shape index (κ1) is 19.1. The van der Waals surface area contributed by atoms with Gasteiger partial charge >= 0.3 is 0 Å². The topological polar surface area (TPSA) is 93.0 Å². The predicted molar refractivity (Wildman–Crippen MR) is 86.3 cm³/mol. The minimum atomic E-state index is -0.507. The molecule has 0 radical (unpaired) electrons. The molecule has 1 aromatic carbocycles. The molecule has 0 saturated carbocycles. The van der Waals surface area contributed by atoms with Crippen LogP contribution in [0.2, 0.25) is 0 Å². The van der Waals surface area contributed by atoms with Gasteiger partial charge in [0.05, 0.1) is 6.10 Å². The first-order valence-electron chi connectivity index (χ1n) is 7.91. The summed E-state index contributed by atoms with van der Waals surface area (Å²) in [5.41, 5.74) is 0.671. The van der Waals surface area contributed by atoms with Crippen LogP contribution < -0.4 is 5.32 Å². The Morgan fingerprint density at radius 3 is 2.14 bits per heavy atom. The van der Waals surface area contributed by atoms with Crippen molar-refractivity contribution in [2.24, 2.45) is 5.41 Å². The molecular formula is C17H29NO4. The highest BCUT2D eigenvalue weighted by molar-refractivity contribution is 5.14. The molecule has 1 rings (SSSR count). The summed E-state index contributed by atoms with van der Waals surface area (Å²) in [5.74, 6) is 0. The number of aliphatic hydroxyl groups excluding tert-OH is 4. The maximum Gasteiger partial charge on any atom is 0.0664 e. The van der Waals surface area contributed by atoms with Crippen LogP contribution in [0.3, 0.4) is 0 Å². The van der Waals surface area contributed by atoms with E-state index in [9.17, 15) is 10.2 Å². The Hall–Kier alpha value is -0.980. The van der Waals surface area contributed by atoms with E-state index in [-0.39, 0.29) is 19.8 Å². The Kier molecular flexibility index (Phi) is 9.27. The molecule has 5 nitrogen and oxygen atoms in total. The molecule has 0 amide bonds. The van der Waals surface area contributed by atoms with E-state index in [1.54, 1.807) is 0 Å². The van der Waals surface area contributed by atoms with E-state index in [2.05, 4.69) is 5.32 Å². The van der Waals surface area contributed by atoms with Crippen molar-refractivity contribution in [1.29, 1.82) is 0 Å². The Morgan fingerprint density at radius 2 is 1.59 bits per heavy atom. The molecule has 0 spiro atoms. The zero-order valence-electron chi connectivity index (χ0n) is 13.1. The van der Waals surface area contributed by atoms with Crippen LogP contribution >= 0.6 is 0 Å². The predicted octanol–water partition coefficient (Wildman–Crippen LogP) is 0.661. The van der Waals surface area contributed by atoms with Crippen molar-refractivity contribution in [3.05, 3.63) is 35.9 Å². The van der Waals surface area contributed by atoms with E-state index in [1.165, 1.54) is 5.56 Å². The number of hydrogen-bond donors (Lipinski definition) is 5. The van der Waals surface area contributed by atoms with Crippen molar-refractivity contribution in [1.82, 2.24) is 5.32 Å². The van der Waals surface area contributed by atoms with Crippen LogP contribution in [0.15, 0.2) is 30.3 Å². The molecular weight excluding hydrogens is 282 g/mol. The second kappa shape index (κ2) is 10.7. The minimum absolute atomic E-state index is 0.0249. The summed E-state index contributed by atoms with van der Waals surface area (Å²) in [6, 6.07) is 9.98. The standard InChI is InChI=1S/C17H29NO4/c19-10-8-17(14-21,9-11-20)7-6-16(22)13-18-12-15-4-2-1-3-5-15/h1-5,16,18-22H,6-14H2. The maximum absolute atomic E-state index is 10.1. The van der Waals surface area contributed by atoms with Gasteiger partial charge in [-0.05, 0) is 36.7 Å². The molecule has 1 aromatic rings. The molecule has 0 aliphatic heterocycles. The summed E-state index contributed by atoms with van der Waals surface area (Å²) in [5, 5.41) is 41.1. The van der Waals surface area contributed by atoms with Crippen molar-refractivity contribution in [2.45, 2.75) is 38.3 Å². The van der Waals surface area contributed by atoms with Gasteiger partial charge in [0.1, 0.15) is 0 Å². The van der Waals surface area contributed by atoms with Crippen LogP contribution in [0.4, 0.5) is 0 Å². The van der Waals surface area contributed by atoms with Crippen molar-refractivity contribution < 1.29 is 20.4 Å². The summed E-state index contributed by atoms with van der Waals surface area (Å²) in [6.07, 6.45) is 1.48. The molecule has 0 aromatic heterocycles. The third kappa shape index (κ3) is 6.85. The van der Waals surface area contributed by atoms with Crippen molar-refractivity contribution >= 4 is 0 Å². The Labute approximate surface area is 132 Å². The van der Waals surface area contributed by atoms with Crippen molar-refractivity contribution in [3.63, 3.8) is 0 Å². The van der Waals surface area contributed by atoms with Gasteiger partial charge in [-0.15, -0.1) is 0 Å². The van der Waals surface area contributed by atoms with Gasteiger partial charge in [-0.2, -0.15) is 0 Å². The van der Waals surface area contributed by atoms with Gasteiger partial charge in [0.2, 0.25) is 0 Å². The summed E-state index contributed by atoms with van der Waals surface area (Å²) < 4.78 is 0. The van der Waals surface area contributed by atoms with E-state index < -0.39 is 11.5 Å². The molecule has 5 N–H and O–H groups in total. The fourth-order valence-corrected chi connectivity index (χ4v) is 2.64. The van der Waals surface area contributed by atoms with Crippen LogP contribution in [-0.2, 0) is 6.54 Å². The van der Waals surface area contributed by atoms with Gasteiger partial charge in [-0.25, -0.2) is 0 Å². The highest BCUT2D eigenvalue weighted by Gasteiger charge is 2.28. The zero-order valence-corrected chi connectivity index (χ0v) is 13.1. The molecule has 0 bridgehead atoms. The Bertz CT molecular complexity index is 380. The second-order valence-electron chi connectivity index (χ2n) is 5.91. The largest absolute Gasteiger partial charge is 0.396 e. The monoisotopic (exact) mass is 311 g/mol. The lowest BCUT2D eigenvalue weighted by Crippen LogP contribution is -2.32. The lowest BCUT2D eigenvalue weighted by Gasteiger charge is -2.31. The van der Waals surface area contributed by atoms with Gasteiger partial charge in [0, 0.05) is 32.9 Å². The van der Waals surface area contributed by atoms with Gasteiger partial charge in [0.15, 0.2) is 0 Å². The normalized spacial score (nSPS) is 13.3. The third-order valence-electron chi connectivity index (χ3n) is 4.18. The Morgan fingerprint density at radius 1 is 0.955 bits per heavy atom. The zero-order chi connectivity index (χ0) is 16.3. The molecule has 1 atom stereocenters. The number of nitrogens with one attached hydrogen (secondary N) is 1. The van der Waals surface area contributed by atoms with Crippen molar-refractivity contribution in [2.75, 3.05) is 26.4 Å². The summed E-state index contributed by atoms with van der Waals surface area (Å²) in [4.78, 5) is 0. The molecule has 0 aliphatic rings. The minimum Gasteiger partial charge on any atom is -0.396 e. The molecule has 0 aliphatic carbocycles. The molecule has 22 heavy (non-hydrogen) atoms. The van der Waals surface area contributed by atoms with E-state index in [0.717, 1.165) is 0 Å². The number of aliphatic hydroxyl groups is 4. The lowest BCUT2D eigenvalue weighted by atomic mass is 9.77. The van der Waals surface area contributed by atoms with E-state index in [4.69, 9.17) is 10.2 Å². The first-order valence-corrected chi connectivity index (χ1v) is 7.91. The van der Waals surface area contributed by atoms with Crippen LogP contribution in [0.25, 0.3) is 0 Å². The molecule has 0 heterocycles. The molecule has 5 heteroatoms. The highest BCUT2D eigenvalue weighted by atomic mass is 16.3. The maximum atomic E-state index is 10.1. The SMILES string of the molecule is OCCC(CO)(CCO)CCC(O)CNCc1ccccc1. The Balaban J connectivity index is 2.32. The first-order chi connectivity index (χ1) is 10.7. The van der Waals surface area contributed by atoms with Gasteiger partial charge in [0.25, 0.3) is 0 Å². The van der Waals surface area contributed by atoms with E-state index in [1.807, 2.05) is 30.3 Å². The highest BCUT2D eigenvalue weighted by Crippen LogP contribution is 2.31. The summed E-state index contributed by atoms with van der Waals surface area (Å²) in [6.45, 7) is 1.05. The van der Waals surface area contributed by atoms with Gasteiger partial charge in [-0.3, -0.25) is 0 Å². The smallest absolute Gasteiger partial charge is 0.0664 e. The van der Waals surface area contributed by atoms with Gasteiger partial charge in [-0.1, -0.05) is 30.3 Å². The van der Waals surface area contributed by atoms with Crippen molar-refractivity contribution in [3.8, 4) is 0 Å². The molecule has 1 unspecified atom stereocenters.